The summed E-state index contributed by atoms with van der Waals surface area (Å²) in [5, 5.41) is 3.06. The molecule has 2 aliphatic heterocycles. The number of likely N-dealkylation sites (tertiary alicyclic amines) is 1. The third kappa shape index (κ3) is 6.82. The zero-order valence-electron chi connectivity index (χ0n) is 21.2. The van der Waals surface area contributed by atoms with Crippen LogP contribution in [-0.2, 0) is 17.6 Å². The summed E-state index contributed by atoms with van der Waals surface area (Å²) in [5.41, 5.74) is 2.55. The molecule has 1 aromatic heterocycles. The molecule has 0 unspecified atom stereocenters. The van der Waals surface area contributed by atoms with Crippen molar-refractivity contribution < 1.29 is 9.53 Å². The van der Waals surface area contributed by atoms with Crippen molar-refractivity contribution in [1.29, 1.82) is 0 Å². The van der Waals surface area contributed by atoms with E-state index in [1.165, 1.54) is 24.8 Å². The number of fused-ring (bicyclic) bond motifs is 1. The minimum Gasteiger partial charge on any atom is -0.492 e. The predicted molar refractivity (Wildman–Crippen MR) is 140 cm³/mol. The summed E-state index contributed by atoms with van der Waals surface area (Å²) in [5.74, 6) is 1.92. The van der Waals surface area contributed by atoms with Crippen molar-refractivity contribution >= 4 is 17.2 Å². The number of para-hydroxylation sites is 1. The van der Waals surface area contributed by atoms with Gasteiger partial charge in [-0.05, 0) is 62.0 Å². The average molecular weight is 484 g/mol. The second-order valence-electron chi connectivity index (χ2n) is 10.7. The number of carbonyl (C=O) groups excluding carboxylic acids is 1. The lowest BCUT2D eigenvalue weighted by atomic mass is 9.73. The second kappa shape index (κ2) is 11.7. The first-order valence-electron chi connectivity index (χ1n) is 13.0. The van der Waals surface area contributed by atoms with Crippen molar-refractivity contribution in [1.82, 2.24) is 14.8 Å². The molecule has 1 spiro atoms. The highest BCUT2D eigenvalue weighted by Crippen LogP contribution is 2.38. The number of hydrogen-bond donors (Lipinski definition) is 0. The molecular formula is C28H41N3O2S. The molecule has 0 bridgehead atoms. The fraction of sp³-hybridized carbons (Fsp3) is 0.643. The Bertz CT molecular complexity index is 933. The smallest absolute Gasteiger partial charge is 0.228 e. The lowest BCUT2D eigenvalue weighted by Crippen LogP contribution is -2.49. The maximum Gasteiger partial charge on any atom is 0.228 e. The Labute approximate surface area is 209 Å². The molecule has 6 heteroatoms. The monoisotopic (exact) mass is 483 g/mol. The normalized spacial score (nSPS) is 19.8. The van der Waals surface area contributed by atoms with Crippen molar-refractivity contribution in [3.63, 3.8) is 0 Å². The van der Waals surface area contributed by atoms with Gasteiger partial charge in [-0.25, -0.2) is 4.98 Å². The van der Waals surface area contributed by atoms with Crippen molar-refractivity contribution in [2.24, 2.45) is 11.3 Å². The van der Waals surface area contributed by atoms with E-state index in [0.717, 1.165) is 75.0 Å². The average Bonchev–Trinajstić information content (AvgIpc) is 3.21. The van der Waals surface area contributed by atoms with E-state index in [2.05, 4.69) is 52.9 Å². The van der Waals surface area contributed by atoms with Gasteiger partial charge in [0.25, 0.3) is 0 Å². The van der Waals surface area contributed by atoms with Gasteiger partial charge in [0.15, 0.2) is 0 Å². The van der Waals surface area contributed by atoms with E-state index in [1.807, 2.05) is 12.3 Å². The van der Waals surface area contributed by atoms with E-state index in [4.69, 9.17) is 4.74 Å². The van der Waals surface area contributed by atoms with Crippen LogP contribution >= 0.6 is 11.3 Å². The number of aromatic nitrogens is 1. The minimum absolute atomic E-state index is 0.234. The van der Waals surface area contributed by atoms with E-state index in [-0.39, 0.29) is 5.91 Å². The summed E-state index contributed by atoms with van der Waals surface area (Å²) in [6, 6.07) is 8.54. The molecular weight excluding hydrogens is 442 g/mol. The first-order valence-corrected chi connectivity index (χ1v) is 13.9. The molecule has 2 aromatic rings. The Morgan fingerprint density at radius 3 is 2.68 bits per heavy atom. The molecule has 2 aliphatic rings. The lowest BCUT2D eigenvalue weighted by Gasteiger charge is -2.45. The Morgan fingerprint density at radius 2 is 1.94 bits per heavy atom. The summed E-state index contributed by atoms with van der Waals surface area (Å²) in [4.78, 5) is 22.2. The maximum atomic E-state index is 12.9. The van der Waals surface area contributed by atoms with Gasteiger partial charge in [0.2, 0.25) is 5.91 Å². The molecule has 1 aromatic carbocycles. The number of ether oxygens (including phenoxy) is 1. The van der Waals surface area contributed by atoms with Gasteiger partial charge < -0.3 is 9.64 Å². The Hall–Kier alpha value is -1.92. The molecule has 0 saturated carbocycles. The van der Waals surface area contributed by atoms with Crippen LogP contribution < -0.4 is 4.74 Å². The Balaban J connectivity index is 1.42. The lowest BCUT2D eigenvalue weighted by molar-refractivity contribution is -0.133. The SMILES string of the molecule is Cc1nc(CC(=O)N2CCC3(CCCCc4ccccc4OCCN(CC(C)C)C3)CC2)cs1. The Kier molecular flexibility index (Phi) is 8.65. The number of carbonyl (C=O) groups is 1. The molecule has 0 radical (unpaired) electrons. The van der Waals surface area contributed by atoms with Gasteiger partial charge in [0.1, 0.15) is 12.4 Å². The van der Waals surface area contributed by atoms with Crippen LogP contribution in [0.1, 0.15) is 62.2 Å². The van der Waals surface area contributed by atoms with Crippen LogP contribution in [0.5, 0.6) is 5.75 Å². The minimum atomic E-state index is 0.234. The molecule has 0 atom stereocenters. The van der Waals surface area contributed by atoms with Gasteiger partial charge in [-0.3, -0.25) is 9.69 Å². The summed E-state index contributed by atoms with van der Waals surface area (Å²) < 4.78 is 6.26. The quantitative estimate of drug-likeness (QED) is 0.587. The van der Waals surface area contributed by atoms with Crippen molar-refractivity contribution in [2.75, 3.05) is 39.3 Å². The number of amides is 1. The molecule has 1 saturated heterocycles. The van der Waals surface area contributed by atoms with Gasteiger partial charge >= 0.3 is 0 Å². The van der Waals surface area contributed by atoms with Crippen LogP contribution in [0.3, 0.4) is 0 Å². The Morgan fingerprint density at radius 1 is 1.15 bits per heavy atom. The van der Waals surface area contributed by atoms with Crippen LogP contribution in [0.15, 0.2) is 29.6 Å². The van der Waals surface area contributed by atoms with Gasteiger partial charge in [-0.2, -0.15) is 0 Å². The van der Waals surface area contributed by atoms with Crippen LogP contribution in [0, 0.1) is 18.3 Å². The third-order valence-electron chi connectivity index (χ3n) is 7.40. The fourth-order valence-electron chi connectivity index (χ4n) is 5.65. The van der Waals surface area contributed by atoms with E-state index < -0.39 is 0 Å². The van der Waals surface area contributed by atoms with Crippen LogP contribution in [-0.4, -0.2) is 60.0 Å². The van der Waals surface area contributed by atoms with Crippen LogP contribution in [0.4, 0.5) is 0 Å². The highest BCUT2D eigenvalue weighted by molar-refractivity contribution is 7.09. The van der Waals surface area contributed by atoms with E-state index in [9.17, 15) is 4.79 Å². The molecule has 5 nitrogen and oxygen atoms in total. The van der Waals surface area contributed by atoms with E-state index >= 15 is 0 Å². The first kappa shape index (κ1) is 25.2. The van der Waals surface area contributed by atoms with Gasteiger partial charge in [-0.1, -0.05) is 38.5 Å². The molecule has 0 aliphatic carbocycles. The van der Waals surface area contributed by atoms with Crippen molar-refractivity contribution in [2.45, 2.75) is 65.7 Å². The summed E-state index contributed by atoms with van der Waals surface area (Å²) in [6.07, 6.45) is 7.39. The predicted octanol–water partition coefficient (Wildman–Crippen LogP) is 5.37. The van der Waals surface area contributed by atoms with E-state index in [1.54, 1.807) is 11.3 Å². The maximum absolute atomic E-state index is 12.9. The van der Waals surface area contributed by atoms with Crippen LogP contribution in [0.25, 0.3) is 0 Å². The first-order chi connectivity index (χ1) is 16.4. The van der Waals surface area contributed by atoms with Crippen molar-refractivity contribution in [3.05, 3.63) is 45.9 Å². The molecule has 4 rings (SSSR count). The number of benzene rings is 1. The highest BCUT2D eigenvalue weighted by Gasteiger charge is 2.37. The standard InChI is InChI=1S/C28H41N3O2S/c1-22(2)19-30-16-17-33-26-10-5-4-8-24(26)9-6-7-11-28(21-30)12-14-31(15-13-28)27(32)18-25-20-34-23(3)29-25/h4-5,8,10,20,22H,6-7,9,11-19,21H2,1-3H3. The number of nitrogens with zero attached hydrogens (tertiary/aromatic N) is 3. The van der Waals surface area contributed by atoms with E-state index in [0.29, 0.717) is 17.8 Å². The molecule has 0 N–H and O–H groups in total. The summed E-state index contributed by atoms with van der Waals surface area (Å²) in [6.45, 7) is 12.3. The van der Waals surface area contributed by atoms with Crippen molar-refractivity contribution in [3.8, 4) is 5.75 Å². The number of piperidine rings is 1. The third-order valence-corrected chi connectivity index (χ3v) is 8.22. The number of rotatable bonds is 4. The zero-order valence-corrected chi connectivity index (χ0v) is 22.0. The van der Waals surface area contributed by atoms with Gasteiger partial charge in [0.05, 0.1) is 17.1 Å². The molecule has 3 heterocycles. The second-order valence-corrected chi connectivity index (χ2v) is 11.8. The molecule has 34 heavy (non-hydrogen) atoms. The number of thiazole rings is 1. The van der Waals surface area contributed by atoms with Gasteiger partial charge in [0, 0.05) is 38.1 Å². The summed E-state index contributed by atoms with van der Waals surface area (Å²) in [7, 11) is 0. The molecule has 1 fully saturated rings. The topological polar surface area (TPSA) is 45.7 Å². The zero-order chi connectivity index (χ0) is 24.0. The van der Waals surface area contributed by atoms with Crippen LogP contribution in [0.2, 0.25) is 0 Å². The highest BCUT2D eigenvalue weighted by atomic mass is 32.1. The fourth-order valence-corrected chi connectivity index (χ4v) is 6.26. The summed E-state index contributed by atoms with van der Waals surface area (Å²) >= 11 is 1.62. The molecule has 186 valence electrons. The largest absolute Gasteiger partial charge is 0.492 e. The molecule has 1 amide bonds. The van der Waals surface area contributed by atoms with Gasteiger partial charge in [-0.15, -0.1) is 11.3 Å². The number of hydrogen-bond acceptors (Lipinski definition) is 5. The number of aryl methyl sites for hydroxylation is 2.